The highest BCUT2D eigenvalue weighted by atomic mass is 32.2. The monoisotopic (exact) mass is 300 g/mol. The van der Waals surface area contributed by atoms with Crippen molar-refractivity contribution in [1.82, 2.24) is 14.7 Å². The fourth-order valence-corrected chi connectivity index (χ4v) is 3.93. The molecule has 0 aliphatic heterocycles. The summed E-state index contributed by atoms with van der Waals surface area (Å²) in [5.74, 6) is 0.862. The van der Waals surface area contributed by atoms with Crippen LogP contribution in [0.25, 0.3) is 0 Å². The van der Waals surface area contributed by atoms with E-state index < -0.39 is 10.0 Å². The van der Waals surface area contributed by atoms with E-state index in [1.807, 2.05) is 0 Å². The number of sulfonamides is 1. The molecule has 19 heavy (non-hydrogen) atoms. The first-order valence-corrected chi connectivity index (χ1v) is 8.18. The molecule has 2 heterocycles. The van der Waals surface area contributed by atoms with E-state index in [0.717, 1.165) is 10.7 Å². The average molecular weight is 300 g/mol. The highest BCUT2D eigenvalue weighted by molar-refractivity contribution is 7.91. The van der Waals surface area contributed by atoms with Gasteiger partial charge in [-0.25, -0.2) is 18.1 Å². The molecule has 2 rings (SSSR count). The maximum absolute atomic E-state index is 12.0. The molecular formula is C11H16N4O2S2. The minimum Gasteiger partial charge on any atom is -0.349 e. The molecule has 0 aliphatic carbocycles. The average Bonchev–Trinajstić information content (AvgIpc) is 3.05. The molecule has 2 aromatic rings. The lowest BCUT2D eigenvalue weighted by Gasteiger charge is -2.03. The van der Waals surface area contributed by atoms with Gasteiger partial charge in [0.25, 0.3) is 0 Å². The molecule has 6 nitrogen and oxygen atoms in total. The summed E-state index contributed by atoms with van der Waals surface area (Å²) in [5, 5.41) is 0. The van der Waals surface area contributed by atoms with Gasteiger partial charge >= 0.3 is 0 Å². The van der Waals surface area contributed by atoms with Crippen molar-refractivity contribution in [2.45, 2.75) is 23.6 Å². The lowest BCUT2D eigenvalue weighted by atomic mass is 10.3. The molecule has 2 aromatic heterocycles. The molecule has 8 heteroatoms. The molecule has 0 saturated carbocycles. The second-order valence-corrected chi connectivity index (χ2v) is 7.12. The van der Waals surface area contributed by atoms with E-state index in [0.29, 0.717) is 30.1 Å². The van der Waals surface area contributed by atoms with Gasteiger partial charge in [0.2, 0.25) is 10.0 Å². The Balaban J connectivity index is 1.84. The van der Waals surface area contributed by atoms with E-state index in [1.54, 1.807) is 24.5 Å². The Hall–Kier alpha value is -1.22. The first-order valence-electron chi connectivity index (χ1n) is 5.88. The fraction of sp³-hybridized carbons (Fsp3) is 0.364. The third kappa shape index (κ3) is 3.87. The molecule has 0 fully saturated rings. The maximum Gasteiger partial charge on any atom is 0.250 e. The number of H-pyrrole nitrogens is 1. The van der Waals surface area contributed by atoms with Gasteiger partial charge in [-0.1, -0.05) is 0 Å². The standard InChI is InChI=1S/C11H16N4O2S2/c12-8-9-3-4-11(18-9)19(16,17)15-5-1-2-10-13-6-7-14-10/h3-4,6-7,15H,1-2,5,8,12H2,(H,13,14). The summed E-state index contributed by atoms with van der Waals surface area (Å²) >= 11 is 1.20. The van der Waals surface area contributed by atoms with Crippen LogP contribution in [0, 0.1) is 0 Å². The molecule has 0 radical (unpaired) electrons. The Morgan fingerprint density at radius 1 is 1.42 bits per heavy atom. The van der Waals surface area contributed by atoms with Crippen LogP contribution in [-0.2, 0) is 23.0 Å². The van der Waals surface area contributed by atoms with Crippen LogP contribution in [0.2, 0.25) is 0 Å². The van der Waals surface area contributed by atoms with E-state index in [4.69, 9.17) is 5.73 Å². The van der Waals surface area contributed by atoms with Crippen LogP contribution in [0.5, 0.6) is 0 Å². The minimum atomic E-state index is -3.41. The quantitative estimate of drug-likeness (QED) is 0.660. The zero-order valence-electron chi connectivity index (χ0n) is 10.3. The van der Waals surface area contributed by atoms with Crippen LogP contribution in [0.1, 0.15) is 17.1 Å². The number of rotatable bonds is 7. The van der Waals surface area contributed by atoms with Crippen LogP contribution in [0.3, 0.4) is 0 Å². The van der Waals surface area contributed by atoms with Gasteiger partial charge in [0.15, 0.2) is 0 Å². The number of nitrogens with two attached hydrogens (primary N) is 1. The van der Waals surface area contributed by atoms with Gasteiger partial charge in [0.1, 0.15) is 10.0 Å². The Kier molecular flexibility index (Phi) is 4.70. The SMILES string of the molecule is NCc1ccc(S(=O)(=O)NCCCc2ncc[nH]2)s1. The first-order chi connectivity index (χ1) is 9.12. The summed E-state index contributed by atoms with van der Waals surface area (Å²) in [6.45, 7) is 0.748. The van der Waals surface area contributed by atoms with Crippen molar-refractivity contribution < 1.29 is 8.42 Å². The zero-order valence-corrected chi connectivity index (χ0v) is 11.9. The second-order valence-electron chi connectivity index (χ2n) is 3.96. The fourth-order valence-electron chi connectivity index (χ4n) is 1.58. The summed E-state index contributed by atoms with van der Waals surface area (Å²) in [6, 6.07) is 3.32. The predicted molar refractivity (Wildman–Crippen MR) is 74.3 cm³/mol. The number of nitrogens with zero attached hydrogens (tertiary/aromatic N) is 1. The molecule has 0 aromatic carbocycles. The van der Waals surface area contributed by atoms with Crippen LogP contribution < -0.4 is 10.5 Å². The lowest BCUT2D eigenvalue weighted by molar-refractivity contribution is 0.580. The van der Waals surface area contributed by atoms with Crippen LogP contribution in [0.15, 0.2) is 28.7 Å². The van der Waals surface area contributed by atoms with Crippen molar-refractivity contribution in [3.05, 3.63) is 35.2 Å². The van der Waals surface area contributed by atoms with Crippen LogP contribution in [0.4, 0.5) is 0 Å². The highest BCUT2D eigenvalue weighted by Gasteiger charge is 2.15. The highest BCUT2D eigenvalue weighted by Crippen LogP contribution is 2.20. The van der Waals surface area contributed by atoms with Crippen molar-refractivity contribution >= 4 is 21.4 Å². The van der Waals surface area contributed by atoms with E-state index >= 15 is 0 Å². The smallest absolute Gasteiger partial charge is 0.250 e. The van der Waals surface area contributed by atoms with Crippen molar-refractivity contribution in [3.8, 4) is 0 Å². The first kappa shape index (κ1) is 14.2. The zero-order chi connectivity index (χ0) is 13.7. The van der Waals surface area contributed by atoms with Crippen molar-refractivity contribution in [2.75, 3.05) is 6.54 Å². The summed E-state index contributed by atoms with van der Waals surface area (Å²) < 4.78 is 26.8. The summed E-state index contributed by atoms with van der Waals surface area (Å²) in [6.07, 6.45) is 4.84. The number of aromatic nitrogens is 2. The van der Waals surface area contributed by atoms with Crippen molar-refractivity contribution in [3.63, 3.8) is 0 Å². The topological polar surface area (TPSA) is 101 Å². The number of aromatic amines is 1. The van der Waals surface area contributed by atoms with Crippen LogP contribution in [-0.4, -0.2) is 24.9 Å². The Labute approximate surface area is 116 Å². The number of nitrogens with one attached hydrogen (secondary N) is 2. The van der Waals surface area contributed by atoms with Gasteiger partial charge in [-0.05, 0) is 18.6 Å². The van der Waals surface area contributed by atoms with Gasteiger partial charge in [-0.3, -0.25) is 0 Å². The molecule has 0 unspecified atom stereocenters. The second kappa shape index (κ2) is 6.29. The molecule has 0 spiro atoms. The third-order valence-electron chi connectivity index (χ3n) is 2.54. The molecular weight excluding hydrogens is 284 g/mol. The minimum absolute atomic E-state index is 0.311. The number of thiophene rings is 1. The van der Waals surface area contributed by atoms with E-state index in [2.05, 4.69) is 14.7 Å². The largest absolute Gasteiger partial charge is 0.349 e. The van der Waals surface area contributed by atoms with Crippen molar-refractivity contribution in [2.24, 2.45) is 5.73 Å². The van der Waals surface area contributed by atoms with Gasteiger partial charge in [-0.2, -0.15) is 0 Å². The molecule has 4 N–H and O–H groups in total. The Morgan fingerprint density at radius 3 is 2.89 bits per heavy atom. The van der Waals surface area contributed by atoms with E-state index in [9.17, 15) is 8.42 Å². The van der Waals surface area contributed by atoms with Crippen LogP contribution >= 0.6 is 11.3 Å². The summed E-state index contributed by atoms with van der Waals surface area (Å²) in [7, 11) is -3.41. The van der Waals surface area contributed by atoms with Gasteiger partial charge in [0, 0.05) is 36.8 Å². The van der Waals surface area contributed by atoms with Gasteiger partial charge in [-0.15, -0.1) is 11.3 Å². The Bertz CT molecular complexity index is 604. The number of imidazole rings is 1. The van der Waals surface area contributed by atoms with Crippen molar-refractivity contribution in [1.29, 1.82) is 0 Å². The van der Waals surface area contributed by atoms with Gasteiger partial charge < -0.3 is 10.7 Å². The number of hydrogen-bond donors (Lipinski definition) is 3. The van der Waals surface area contributed by atoms with Gasteiger partial charge in [0.05, 0.1) is 0 Å². The van der Waals surface area contributed by atoms with E-state index in [-0.39, 0.29) is 0 Å². The molecule has 104 valence electrons. The normalized spacial score (nSPS) is 11.8. The maximum atomic E-state index is 12.0. The molecule has 0 saturated heterocycles. The number of aryl methyl sites for hydroxylation is 1. The summed E-state index contributed by atoms with van der Waals surface area (Å²) in [4.78, 5) is 7.91. The number of hydrogen-bond acceptors (Lipinski definition) is 5. The van der Waals surface area contributed by atoms with E-state index in [1.165, 1.54) is 11.3 Å². The lowest BCUT2D eigenvalue weighted by Crippen LogP contribution is -2.24. The third-order valence-corrected chi connectivity index (χ3v) is 5.60. The Morgan fingerprint density at radius 2 is 2.26 bits per heavy atom. The molecule has 0 aliphatic rings. The molecule has 0 atom stereocenters. The predicted octanol–water partition coefficient (Wildman–Crippen LogP) is 0.841. The molecule has 0 amide bonds. The molecule has 0 bridgehead atoms. The summed E-state index contributed by atoms with van der Waals surface area (Å²) in [5.41, 5.74) is 5.47.